The molecule has 12 heteroatoms. The molecule has 4 atom stereocenters. The topological polar surface area (TPSA) is 24.9 Å². The molecule has 0 heterocycles. The Kier molecular flexibility index (Phi) is 9.23. The van der Waals surface area contributed by atoms with Crippen LogP contribution in [0.15, 0.2) is 47.9 Å². The number of hydrogen-bond acceptors (Lipinski definition) is 4. The second-order valence-electron chi connectivity index (χ2n) is 4.45. The molecule has 0 bridgehead atoms. The van der Waals surface area contributed by atoms with Gasteiger partial charge in [0.15, 0.2) is 17.9 Å². The van der Waals surface area contributed by atoms with Gasteiger partial charge in [0.2, 0.25) is 0 Å². The van der Waals surface area contributed by atoms with E-state index in [4.69, 9.17) is 4.52 Å². The van der Waals surface area contributed by atoms with E-state index in [1.54, 1.807) is 42.6 Å². The predicted molar refractivity (Wildman–Crippen MR) is 99.5 cm³/mol. The number of rotatable bonds is 8. The van der Waals surface area contributed by atoms with Gasteiger partial charge in [-0.2, -0.15) is 17.6 Å². The lowest BCUT2D eigenvalue weighted by atomic mass is 10.3. The van der Waals surface area contributed by atoms with E-state index < -0.39 is 27.1 Å². The fraction of sp³-hybridized carbons (Fsp3) is 0.167. The Morgan fingerprint density at radius 2 is 1.21 bits per heavy atom. The zero-order valence-corrected chi connectivity index (χ0v) is 17.0. The zero-order valence-electron chi connectivity index (χ0n) is 12.7. The van der Waals surface area contributed by atoms with Crippen molar-refractivity contribution < 1.29 is 26.6 Å². The molecule has 0 saturated heterocycles. The fourth-order valence-electron chi connectivity index (χ4n) is 1.20. The minimum atomic E-state index is -2.50. The summed E-state index contributed by atoms with van der Waals surface area (Å²) in [4.78, 5) is 0. The van der Waals surface area contributed by atoms with E-state index in [-0.39, 0.29) is 8.96 Å². The third kappa shape index (κ3) is 7.07. The lowest BCUT2D eigenvalue weighted by Crippen LogP contribution is -1.99. The first-order valence-corrected chi connectivity index (χ1v) is 9.05. The first-order chi connectivity index (χ1) is 11.2. The molecule has 0 saturated carbocycles. The molecule has 1 aromatic rings. The molecule has 0 aliphatic carbocycles. The maximum absolute atomic E-state index is 13.3. The van der Waals surface area contributed by atoms with Gasteiger partial charge in [-0.1, -0.05) is 0 Å². The standard InChI is InChI=1S/C12H16F4N2O2P4/c1-7(2)11(15)19-23-17(21)8-3-5-9(6-4-8)18(22)24-20-12(16)10(13)14/h3-6,23-24H,21-22H2,1-2H3. The molecule has 4 nitrogen and oxygen atoms in total. The van der Waals surface area contributed by atoms with Crippen molar-refractivity contribution in [3.8, 4) is 0 Å². The summed E-state index contributed by atoms with van der Waals surface area (Å²) in [5.41, 5.74) is 1.78. The van der Waals surface area contributed by atoms with E-state index in [2.05, 4.69) is 23.3 Å². The molecule has 0 radical (unpaired) electrons. The molecule has 1 aromatic carbocycles. The number of anilines is 2. The summed E-state index contributed by atoms with van der Waals surface area (Å²) in [6.07, 6.45) is -2.50. The quantitative estimate of drug-likeness (QED) is 0.285. The summed E-state index contributed by atoms with van der Waals surface area (Å²) < 4.78 is 62.0. The number of benzene rings is 1. The molecule has 0 aliphatic rings. The van der Waals surface area contributed by atoms with Gasteiger partial charge in [0, 0.05) is 11.4 Å². The van der Waals surface area contributed by atoms with Crippen molar-refractivity contribution in [2.45, 2.75) is 13.8 Å². The minimum Gasteiger partial charge on any atom is -0.431 e. The highest BCUT2D eigenvalue weighted by atomic mass is 31.1. The van der Waals surface area contributed by atoms with Crippen molar-refractivity contribution >= 4 is 48.1 Å². The molecule has 0 N–H and O–H groups in total. The molecule has 0 fully saturated rings. The monoisotopic (exact) mass is 420 g/mol. The maximum atomic E-state index is 13.3. The molecule has 134 valence electrons. The molecular formula is C12H16F4N2O2P4. The average Bonchev–Trinajstić information content (AvgIpc) is 2.56. The highest BCUT2D eigenvalue weighted by Gasteiger charge is 2.10. The molecule has 0 amide bonds. The van der Waals surface area contributed by atoms with Crippen LogP contribution in [0.2, 0.25) is 0 Å². The summed E-state index contributed by atoms with van der Waals surface area (Å²) >= 11 is 0. The smallest absolute Gasteiger partial charge is 0.343 e. The van der Waals surface area contributed by atoms with Crippen LogP contribution in [0.4, 0.5) is 28.9 Å². The van der Waals surface area contributed by atoms with Crippen molar-refractivity contribution in [3.05, 3.63) is 47.9 Å². The van der Waals surface area contributed by atoms with Crippen LogP contribution in [-0.4, -0.2) is 0 Å². The maximum Gasteiger partial charge on any atom is 0.343 e. The van der Waals surface area contributed by atoms with Gasteiger partial charge in [-0.15, -0.1) is 0 Å². The average molecular weight is 420 g/mol. The van der Waals surface area contributed by atoms with E-state index >= 15 is 0 Å². The third-order valence-corrected chi connectivity index (χ3v) is 5.09. The lowest BCUT2D eigenvalue weighted by molar-refractivity contribution is 0.262. The van der Waals surface area contributed by atoms with Crippen LogP contribution in [0.25, 0.3) is 0 Å². The zero-order chi connectivity index (χ0) is 18.3. The van der Waals surface area contributed by atoms with Crippen molar-refractivity contribution in [3.63, 3.8) is 0 Å². The number of halogens is 4. The van der Waals surface area contributed by atoms with Gasteiger partial charge in [0.25, 0.3) is 6.01 Å². The van der Waals surface area contributed by atoms with Crippen LogP contribution >= 0.6 is 36.7 Å². The Hall–Kier alpha value is -0.660. The normalized spacial score (nSPS) is 11.0. The van der Waals surface area contributed by atoms with Crippen molar-refractivity contribution in [2.24, 2.45) is 0 Å². The number of nitrogens with zero attached hydrogens (tertiary/aromatic N) is 2. The summed E-state index contributed by atoms with van der Waals surface area (Å²) in [5.74, 6) is 0. The van der Waals surface area contributed by atoms with E-state index in [1.165, 1.54) is 4.44 Å². The van der Waals surface area contributed by atoms with Crippen LogP contribution in [0.3, 0.4) is 0 Å². The molecule has 1 rings (SSSR count). The Labute approximate surface area is 146 Å². The van der Waals surface area contributed by atoms with Crippen molar-refractivity contribution in [1.82, 2.24) is 0 Å². The van der Waals surface area contributed by atoms with Crippen LogP contribution in [0, 0.1) is 0 Å². The second kappa shape index (κ2) is 10.4. The Morgan fingerprint density at radius 3 is 1.54 bits per heavy atom. The second-order valence-corrected chi connectivity index (χ2v) is 8.25. The van der Waals surface area contributed by atoms with Crippen LogP contribution in [-0.2, 0) is 9.05 Å². The number of allylic oxidation sites excluding steroid dienone is 1. The van der Waals surface area contributed by atoms with E-state index in [0.717, 1.165) is 5.69 Å². The van der Waals surface area contributed by atoms with Gasteiger partial charge in [-0.05, 0) is 62.5 Å². The molecule has 0 aliphatic heterocycles. The van der Waals surface area contributed by atoms with Gasteiger partial charge in [0.05, 0.1) is 0 Å². The van der Waals surface area contributed by atoms with Gasteiger partial charge >= 0.3 is 12.1 Å². The summed E-state index contributed by atoms with van der Waals surface area (Å²) in [6, 6.07) is 4.25. The lowest BCUT2D eigenvalue weighted by Gasteiger charge is -2.20. The van der Waals surface area contributed by atoms with Gasteiger partial charge in [-0.25, -0.2) is 0 Å². The van der Waals surface area contributed by atoms with E-state index in [1.807, 2.05) is 0 Å². The van der Waals surface area contributed by atoms with Crippen LogP contribution < -0.4 is 8.88 Å². The van der Waals surface area contributed by atoms with Gasteiger partial charge < -0.3 is 17.9 Å². The van der Waals surface area contributed by atoms with Crippen molar-refractivity contribution in [1.29, 1.82) is 0 Å². The number of hydrogen-bond donors (Lipinski definition) is 0. The largest absolute Gasteiger partial charge is 0.431 e. The Morgan fingerprint density at radius 1 is 0.833 bits per heavy atom. The highest BCUT2D eigenvalue weighted by Crippen LogP contribution is 2.38. The molecule has 0 aromatic heterocycles. The Balaban J connectivity index is 2.61. The first-order valence-electron chi connectivity index (χ1n) is 6.30. The summed E-state index contributed by atoms with van der Waals surface area (Å²) in [6.45, 7) is 3.20. The first kappa shape index (κ1) is 21.4. The third-order valence-electron chi connectivity index (χ3n) is 2.41. The molecule has 24 heavy (non-hydrogen) atoms. The Bertz CT molecular complexity index is 555. The van der Waals surface area contributed by atoms with Crippen molar-refractivity contribution in [2.75, 3.05) is 8.88 Å². The van der Waals surface area contributed by atoms with E-state index in [0.29, 0.717) is 11.3 Å². The van der Waals surface area contributed by atoms with Crippen LogP contribution in [0.1, 0.15) is 13.8 Å². The minimum absolute atomic E-state index is 0.276. The van der Waals surface area contributed by atoms with E-state index in [9.17, 15) is 17.6 Å². The molecular weight excluding hydrogens is 404 g/mol. The molecule has 0 spiro atoms. The van der Waals surface area contributed by atoms with Crippen LogP contribution in [0.5, 0.6) is 0 Å². The fourth-order valence-corrected chi connectivity index (χ4v) is 3.01. The predicted octanol–water partition coefficient (Wildman–Crippen LogP) is 6.19. The molecule has 4 unspecified atom stereocenters. The van der Waals surface area contributed by atoms with Gasteiger partial charge in [-0.3, -0.25) is 0 Å². The van der Waals surface area contributed by atoms with Gasteiger partial charge in [0.1, 0.15) is 0 Å². The summed E-state index contributed by atoms with van der Waals surface area (Å²) in [7, 11) is 3.70. The highest BCUT2D eigenvalue weighted by molar-refractivity contribution is 7.48. The summed E-state index contributed by atoms with van der Waals surface area (Å²) in [5, 5.41) is 0. The SMILES string of the molecule is CC(C)=C(F)OPN(P)c1ccc(N(P)POC(F)=C(F)F)cc1.